The molecule has 1 aromatic rings. The van der Waals surface area contributed by atoms with Gasteiger partial charge in [0, 0.05) is 7.05 Å². The molecular weight excluding hydrogens is 194 g/mol. The minimum absolute atomic E-state index is 0. The number of carbonyl (C=O) groups is 1. The van der Waals surface area contributed by atoms with Crippen LogP contribution in [0.4, 0.5) is 5.69 Å². The Morgan fingerprint density at radius 3 is 2.67 bits per heavy atom. The van der Waals surface area contributed by atoms with Crippen LogP contribution in [0.5, 0.6) is 0 Å². The van der Waals surface area contributed by atoms with Crippen LogP contribution in [-0.4, -0.2) is 22.4 Å². The zero-order chi connectivity index (χ0) is 10.7. The van der Waals surface area contributed by atoms with E-state index in [4.69, 9.17) is 0 Å². The van der Waals surface area contributed by atoms with Crippen molar-refractivity contribution in [2.24, 2.45) is 0 Å². The second kappa shape index (κ2) is 5.29. The fraction of sp³-hybridized carbons (Fsp3) is 0.500. The molecular formula is C10H17N3O2. The van der Waals surface area contributed by atoms with Gasteiger partial charge in [0.15, 0.2) is 5.78 Å². The topological polar surface area (TPSA) is 64.0 Å². The Morgan fingerprint density at radius 1 is 1.60 bits per heavy atom. The highest BCUT2D eigenvalue weighted by atomic mass is 16.1. The largest absolute Gasteiger partial charge is 0.382 e. The van der Waals surface area contributed by atoms with Gasteiger partial charge in [-0.3, -0.25) is 14.2 Å². The van der Waals surface area contributed by atoms with Gasteiger partial charge in [0.05, 0.1) is 18.6 Å². The zero-order valence-electron chi connectivity index (χ0n) is 8.44. The summed E-state index contributed by atoms with van der Waals surface area (Å²) in [5, 5.41) is 2.72. The van der Waals surface area contributed by atoms with Crippen molar-refractivity contribution < 1.29 is 4.79 Å². The highest BCUT2D eigenvalue weighted by molar-refractivity contribution is 5.79. The standard InChI is InChI=1S/C9H13N3O2.CH4/c1-6(7(2)13)12-5-11-4-8(10-3)9(12)14;/h4-6,10H,1-3H3;1H4. The first kappa shape index (κ1) is 13.4. The molecule has 0 saturated carbocycles. The first-order chi connectivity index (χ1) is 6.57. The van der Waals surface area contributed by atoms with Crippen molar-refractivity contribution in [2.45, 2.75) is 27.3 Å². The highest BCUT2D eigenvalue weighted by Gasteiger charge is 2.12. The van der Waals surface area contributed by atoms with Crippen molar-refractivity contribution in [3.05, 3.63) is 22.9 Å². The van der Waals surface area contributed by atoms with Crippen molar-refractivity contribution in [3.8, 4) is 0 Å². The lowest BCUT2D eigenvalue weighted by Gasteiger charge is -2.11. The van der Waals surface area contributed by atoms with Gasteiger partial charge >= 0.3 is 0 Å². The number of anilines is 1. The van der Waals surface area contributed by atoms with Crippen molar-refractivity contribution in [3.63, 3.8) is 0 Å². The Balaban J connectivity index is 0.00000196. The second-order valence-electron chi connectivity index (χ2n) is 3.06. The quantitative estimate of drug-likeness (QED) is 0.812. The lowest BCUT2D eigenvalue weighted by molar-refractivity contribution is -0.119. The molecule has 0 aromatic carbocycles. The number of hydrogen-bond acceptors (Lipinski definition) is 4. The van der Waals surface area contributed by atoms with E-state index in [1.165, 1.54) is 24.0 Å². The van der Waals surface area contributed by atoms with Crippen LogP contribution in [0, 0.1) is 0 Å². The molecule has 1 heterocycles. The molecule has 0 saturated heterocycles. The number of rotatable bonds is 3. The van der Waals surface area contributed by atoms with E-state index in [1.54, 1.807) is 14.0 Å². The van der Waals surface area contributed by atoms with E-state index in [1.807, 2.05) is 0 Å². The van der Waals surface area contributed by atoms with Gasteiger partial charge in [-0.2, -0.15) is 0 Å². The van der Waals surface area contributed by atoms with Crippen LogP contribution in [0.25, 0.3) is 0 Å². The summed E-state index contributed by atoms with van der Waals surface area (Å²) in [6.07, 6.45) is 2.81. The van der Waals surface area contributed by atoms with Crippen molar-refractivity contribution in [2.75, 3.05) is 12.4 Å². The van der Waals surface area contributed by atoms with E-state index in [0.29, 0.717) is 5.69 Å². The Hall–Kier alpha value is -1.65. The molecule has 1 rings (SSSR count). The first-order valence-electron chi connectivity index (χ1n) is 4.32. The Morgan fingerprint density at radius 2 is 2.20 bits per heavy atom. The average molecular weight is 211 g/mol. The molecule has 0 fully saturated rings. The lowest BCUT2D eigenvalue weighted by atomic mass is 10.2. The van der Waals surface area contributed by atoms with Crippen LogP contribution in [0.15, 0.2) is 17.3 Å². The summed E-state index contributed by atoms with van der Waals surface area (Å²) in [5.41, 5.74) is 0.158. The molecule has 0 amide bonds. The SMILES string of the molecule is C.CNc1cncn(C(C)C(C)=O)c1=O. The summed E-state index contributed by atoms with van der Waals surface area (Å²) in [6, 6.07) is -0.469. The van der Waals surface area contributed by atoms with Gasteiger partial charge in [-0.15, -0.1) is 0 Å². The maximum atomic E-state index is 11.7. The molecule has 0 spiro atoms. The van der Waals surface area contributed by atoms with E-state index < -0.39 is 6.04 Å². The van der Waals surface area contributed by atoms with Crippen LogP contribution >= 0.6 is 0 Å². The smallest absolute Gasteiger partial charge is 0.277 e. The second-order valence-corrected chi connectivity index (χ2v) is 3.06. The molecule has 84 valence electrons. The molecule has 5 heteroatoms. The molecule has 1 N–H and O–H groups in total. The van der Waals surface area contributed by atoms with Crippen molar-refractivity contribution in [1.29, 1.82) is 0 Å². The third-order valence-electron chi connectivity index (χ3n) is 2.13. The first-order valence-corrected chi connectivity index (χ1v) is 4.32. The normalized spacial score (nSPS) is 11.4. The van der Waals surface area contributed by atoms with Crippen molar-refractivity contribution >= 4 is 11.5 Å². The molecule has 1 atom stereocenters. The zero-order valence-corrected chi connectivity index (χ0v) is 8.44. The van der Waals surface area contributed by atoms with Crippen LogP contribution in [0.1, 0.15) is 27.3 Å². The highest BCUT2D eigenvalue weighted by Crippen LogP contribution is 2.03. The van der Waals surface area contributed by atoms with Gasteiger partial charge in [0.25, 0.3) is 5.56 Å². The van der Waals surface area contributed by atoms with Crippen molar-refractivity contribution in [1.82, 2.24) is 9.55 Å². The number of Topliss-reactive ketones (excluding diaryl/α,β-unsaturated/α-hetero) is 1. The summed E-state index contributed by atoms with van der Waals surface area (Å²) in [4.78, 5) is 26.6. The average Bonchev–Trinajstić information content (AvgIpc) is 2.17. The van der Waals surface area contributed by atoms with E-state index >= 15 is 0 Å². The predicted molar refractivity (Wildman–Crippen MR) is 60.2 cm³/mol. The van der Waals surface area contributed by atoms with Gasteiger partial charge in [-0.05, 0) is 13.8 Å². The number of carbonyl (C=O) groups excluding carboxylic acids is 1. The van der Waals surface area contributed by atoms with Gasteiger partial charge in [-0.1, -0.05) is 7.43 Å². The van der Waals surface area contributed by atoms with E-state index in [2.05, 4.69) is 10.3 Å². The van der Waals surface area contributed by atoms with Crippen LogP contribution in [0.3, 0.4) is 0 Å². The molecule has 5 nitrogen and oxygen atoms in total. The molecule has 1 unspecified atom stereocenters. The maximum absolute atomic E-state index is 11.7. The number of hydrogen-bond donors (Lipinski definition) is 1. The third-order valence-corrected chi connectivity index (χ3v) is 2.13. The molecule has 0 aliphatic carbocycles. The monoisotopic (exact) mass is 211 g/mol. The minimum Gasteiger partial charge on any atom is -0.382 e. The van der Waals surface area contributed by atoms with Gasteiger partial charge in [0.2, 0.25) is 0 Å². The van der Waals surface area contributed by atoms with Gasteiger partial charge in [0.1, 0.15) is 5.69 Å². The fourth-order valence-corrected chi connectivity index (χ4v) is 1.07. The summed E-state index contributed by atoms with van der Waals surface area (Å²) >= 11 is 0. The maximum Gasteiger partial charge on any atom is 0.277 e. The predicted octanol–water partition coefficient (Wildman–Crippen LogP) is 1.07. The summed E-state index contributed by atoms with van der Waals surface area (Å²) < 4.78 is 1.31. The molecule has 0 aliphatic heterocycles. The molecule has 0 radical (unpaired) electrons. The fourth-order valence-electron chi connectivity index (χ4n) is 1.07. The van der Waals surface area contributed by atoms with E-state index in [9.17, 15) is 9.59 Å². The van der Waals surface area contributed by atoms with Gasteiger partial charge in [-0.25, -0.2) is 4.98 Å². The minimum atomic E-state index is -0.469. The number of nitrogens with one attached hydrogen (secondary N) is 1. The van der Waals surface area contributed by atoms with Crippen LogP contribution in [0.2, 0.25) is 0 Å². The van der Waals surface area contributed by atoms with Crippen LogP contribution < -0.4 is 10.9 Å². The Bertz CT molecular complexity index is 398. The molecule has 0 aliphatic rings. The molecule has 1 aromatic heterocycles. The molecule has 15 heavy (non-hydrogen) atoms. The summed E-state index contributed by atoms with van der Waals surface area (Å²) in [5.74, 6) is -0.0675. The Labute approximate surface area is 89.1 Å². The molecule has 0 bridgehead atoms. The number of nitrogens with zero attached hydrogens (tertiary/aromatic N) is 2. The van der Waals surface area contributed by atoms with Crippen LogP contribution in [-0.2, 0) is 4.79 Å². The van der Waals surface area contributed by atoms with E-state index in [-0.39, 0.29) is 18.8 Å². The van der Waals surface area contributed by atoms with E-state index in [0.717, 1.165) is 0 Å². The number of aromatic nitrogens is 2. The Kier molecular flexibility index (Phi) is 4.70. The third kappa shape index (κ3) is 2.65. The van der Waals surface area contributed by atoms with Gasteiger partial charge < -0.3 is 5.32 Å². The lowest BCUT2D eigenvalue weighted by Crippen LogP contribution is -2.28. The summed E-state index contributed by atoms with van der Waals surface area (Å²) in [6.45, 7) is 3.12. The summed E-state index contributed by atoms with van der Waals surface area (Å²) in [7, 11) is 1.64. The number of ketones is 1.